The van der Waals surface area contributed by atoms with Crippen molar-refractivity contribution in [2.75, 3.05) is 19.6 Å². The predicted octanol–water partition coefficient (Wildman–Crippen LogP) is 4.06. The Morgan fingerprint density at radius 3 is 2.52 bits per heavy atom. The first-order valence-corrected chi connectivity index (χ1v) is 9.70. The summed E-state index contributed by atoms with van der Waals surface area (Å²) in [6.07, 6.45) is 13.3. The summed E-state index contributed by atoms with van der Waals surface area (Å²) in [6.45, 7) is 8.78. The number of nitrogens with one attached hydrogen (secondary N) is 1. The minimum atomic E-state index is 0.738. The maximum atomic E-state index is 3.87. The van der Waals surface area contributed by atoms with Crippen molar-refractivity contribution in [3.8, 4) is 0 Å². The van der Waals surface area contributed by atoms with Gasteiger partial charge in [-0.15, -0.1) is 0 Å². The number of piperazine rings is 1. The third-order valence-electron chi connectivity index (χ3n) is 6.49. The molecule has 0 aromatic rings. The van der Waals surface area contributed by atoms with Crippen LogP contribution in [0.15, 0.2) is 0 Å². The average Bonchev–Trinajstić information content (AvgIpc) is 2.50. The van der Waals surface area contributed by atoms with Crippen LogP contribution in [0.5, 0.6) is 0 Å². The van der Waals surface area contributed by atoms with E-state index >= 15 is 0 Å². The summed E-state index contributed by atoms with van der Waals surface area (Å²) in [7, 11) is 0. The molecule has 2 saturated carbocycles. The molecular weight excluding hydrogens is 256 g/mol. The van der Waals surface area contributed by atoms with Crippen LogP contribution in [0.1, 0.15) is 71.6 Å². The smallest absolute Gasteiger partial charge is 0.0224 e. The summed E-state index contributed by atoms with van der Waals surface area (Å²) < 4.78 is 0. The lowest BCUT2D eigenvalue weighted by atomic mass is 9.80. The Bertz CT molecular complexity index is 311. The molecule has 3 fully saturated rings. The van der Waals surface area contributed by atoms with Gasteiger partial charge in [0.05, 0.1) is 0 Å². The van der Waals surface area contributed by atoms with Crippen molar-refractivity contribution in [3.05, 3.63) is 0 Å². The highest BCUT2D eigenvalue weighted by molar-refractivity contribution is 4.90. The standard InChI is InChI=1S/C19H36N2/c1-15-7-6-8-17(11-15)13-21-14-19(20-12-16(21)2)18-9-4-3-5-10-18/h15-20H,3-14H2,1-2H3. The van der Waals surface area contributed by atoms with Crippen LogP contribution >= 0.6 is 0 Å². The zero-order chi connectivity index (χ0) is 14.7. The maximum Gasteiger partial charge on any atom is 0.0224 e. The highest BCUT2D eigenvalue weighted by Gasteiger charge is 2.32. The summed E-state index contributed by atoms with van der Waals surface area (Å²) in [5.41, 5.74) is 0. The van der Waals surface area contributed by atoms with Gasteiger partial charge < -0.3 is 5.32 Å². The van der Waals surface area contributed by atoms with Gasteiger partial charge in [-0.1, -0.05) is 39.0 Å². The fourth-order valence-electron chi connectivity index (χ4n) is 5.11. The average molecular weight is 293 g/mol. The minimum absolute atomic E-state index is 0.738. The fourth-order valence-corrected chi connectivity index (χ4v) is 5.11. The van der Waals surface area contributed by atoms with E-state index in [-0.39, 0.29) is 0 Å². The molecule has 4 atom stereocenters. The van der Waals surface area contributed by atoms with Gasteiger partial charge in [0.15, 0.2) is 0 Å². The number of hydrogen-bond donors (Lipinski definition) is 1. The molecule has 0 aromatic heterocycles. The molecule has 0 amide bonds. The van der Waals surface area contributed by atoms with Crippen LogP contribution in [0.3, 0.4) is 0 Å². The lowest BCUT2D eigenvalue weighted by molar-refractivity contribution is 0.0772. The molecule has 1 heterocycles. The van der Waals surface area contributed by atoms with Gasteiger partial charge in [0, 0.05) is 31.7 Å². The van der Waals surface area contributed by atoms with Crippen LogP contribution in [0.4, 0.5) is 0 Å². The van der Waals surface area contributed by atoms with Crippen molar-refractivity contribution < 1.29 is 0 Å². The molecule has 1 N–H and O–H groups in total. The summed E-state index contributed by atoms with van der Waals surface area (Å²) in [4.78, 5) is 2.83. The first-order chi connectivity index (χ1) is 10.2. The first-order valence-electron chi connectivity index (χ1n) is 9.70. The van der Waals surface area contributed by atoms with Crippen molar-refractivity contribution in [1.29, 1.82) is 0 Å². The van der Waals surface area contributed by atoms with E-state index in [9.17, 15) is 0 Å². The van der Waals surface area contributed by atoms with Crippen LogP contribution in [0.2, 0.25) is 0 Å². The quantitative estimate of drug-likeness (QED) is 0.844. The van der Waals surface area contributed by atoms with E-state index in [1.807, 2.05) is 0 Å². The molecule has 1 aliphatic heterocycles. The van der Waals surface area contributed by atoms with Gasteiger partial charge in [0.1, 0.15) is 0 Å². The number of rotatable bonds is 3. The Morgan fingerprint density at radius 1 is 0.952 bits per heavy atom. The van der Waals surface area contributed by atoms with Crippen molar-refractivity contribution >= 4 is 0 Å². The van der Waals surface area contributed by atoms with Gasteiger partial charge in [0.25, 0.3) is 0 Å². The van der Waals surface area contributed by atoms with E-state index in [0.29, 0.717) is 0 Å². The summed E-state index contributed by atoms with van der Waals surface area (Å²) in [5, 5.41) is 3.87. The molecule has 0 radical (unpaired) electrons. The molecule has 1 saturated heterocycles. The molecule has 3 aliphatic rings. The highest BCUT2D eigenvalue weighted by atomic mass is 15.2. The Hall–Kier alpha value is -0.0800. The van der Waals surface area contributed by atoms with Crippen LogP contribution in [-0.2, 0) is 0 Å². The zero-order valence-corrected chi connectivity index (χ0v) is 14.3. The Labute approximate surface area is 132 Å². The molecule has 3 rings (SSSR count). The highest BCUT2D eigenvalue weighted by Crippen LogP contribution is 2.32. The van der Waals surface area contributed by atoms with E-state index in [1.54, 1.807) is 0 Å². The molecule has 2 nitrogen and oxygen atoms in total. The normalized spacial score (nSPS) is 40.3. The molecule has 122 valence electrons. The third kappa shape index (κ3) is 4.22. The Morgan fingerprint density at radius 2 is 1.76 bits per heavy atom. The third-order valence-corrected chi connectivity index (χ3v) is 6.49. The van der Waals surface area contributed by atoms with Crippen molar-refractivity contribution in [2.24, 2.45) is 17.8 Å². The zero-order valence-electron chi connectivity index (χ0n) is 14.3. The molecule has 2 heteroatoms. The van der Waals surface area contributed by atoms with Crippen LogP contribution < -0.4 is 5.32 Å². The van der Waals surface area contributed by atoms with E-state index in [0.717, 1.165) is 29.8 Å². The van der Waals surface area contributed by atoms with Gasteiger partial charge >= 0.3 is 0 Å². The number of hydrogen-bond acceptors (Lipinski definition) is 2. The van der Waals surface area contributed by atoms with Crippen molar-refractivity contribution in [3.63, 3.8) is 0 Å². The molecular formula is C19H36N2. The van der Waals surface area contributed by atoms with E-state index in [1.165, 1.54) is 77.4 Å². The Kier molecular flexibility index (Phi) is 5.61. The van der Waals surface area contributed by atoms with Crippen LogP contribution in [0.25, 0.3) is 0 Å². The van der Waals surface area contributed by atoms with Gasteiger partial charge in [-0.3, -0.25) is 4.90 Å². The van der Waals surface area contributed by atoms with E-state index in [4.69, 9.17) is 0 Å². The lowest BCUT2D eigenvalue weighted by Crippen LogP contribution is -2.58. The second-order valence-corrected chi connectivity index (χ2v) is 8.35. The Balaban J connectivity index is 1.53. The van der Waals surface area contributed by atoms with E-state index in [2.05, 4.69) is 24.1 Å². The molecule has 2 aliphatic carbocycles. The SMILES string of the molecule is CC1CCCC(CN2CC(C3CCCCC3)NCC2C)C1. The molecule has 0 spiro atoms. The predicted molar refractivity (Wildman–Crippen MR) is 90.5 cm³/mol. The second-order valence-electron chi connectivity index (χ2n) is 8.35. The van der Waals surface area contributed by atoms with Crippen molar-refractivity contribution in [2.45, 2.75) is 83.7 Å². The topological polar surface area (TPSA) is 15.3 Å². The second kappa shape index (κ2) is 7.46. The first kappa shape index (κ1) is 15.8. The van der Waals surface area contributed by atoms with Gasteiger partial charge in [-0.2, -0.15) is 0 Å². The summed E-state index contributed by atoms with van der Waals surface area (Å²) >= 11 is 0. The molecule has 0 aromatic carbocycles. The minimum Gasteiger partial charge on any atom is -0.311 e. The lowest BCUT2D eigenvalue weighted by Gasteiger charge is -2.44. The summed E-state index contributed by atoms with van der Waals surface area (Å²) in [5.74, 6) is 2.90. The summed E-state index contributed by atoms with van der Waals surface area (Å²) in [6, 6.07) is 1.52. The molecule has 4 unspecified atom stereocenters. The maximum absolute atomic E-state index is 3.87. The van der Waals surface area contributed by atoms with Crippen molar-refractivity contribution in [1.82, 2.24) is 10.2 Å². The van der Waals surface area contributed by atoms with Gasteiger partial charge in [-0.25, -0.2) is 0 Å². The number of nitrogens with zero attached hydrogens (tertiary/aromatic N) is 1. The van der Waals surface area contributed by atoms with Gasteiger partial charge in [0.2, 0.25) is 0 Å². The molecule has 0 bridgehead atoms. The van der Waals surface area contributed by atoms with E-state index < -0.39 is 0 Å². The fraction of sp³-hybridized carbons (Fsp3) is 1.00. The molecule has 21 heavy (non-hydrogen) atoms. The van der Waals surface area contributed by atoms with Crippen LogP contribution in [0, 0.1) is 17.8 Å². The van der Waals surface area contributed by atoms with Crippen LogP contribution in [-0.4, -0.2) is 36.6 Å². The largest absolute Gasteiger partial charge is 0.311 e. The van der Waals surface area contributed by atoms with Gasteiger partial charge in [-0.05, 0) is 50.4 Å². The monoisotopic (exact) mass is 292 g/mol.